The first-order valence-corrected chi connectivity index (χ1v) is 9.57. The van der Waals surface area contributed by atoms with Gasteiger partial charge in [-0.1, -0.05) is 32.9 Å². The second-order valence-corrected chi connectivity index (χ2v) is 8.61. The number of hydrogen-bond donors (Lipinski definition) is 2. The van der Waals surface area contributed by atoms with Crippen molar-refractivity contribution in [2.24, 2.45) is 11.3 Å². The number of carbonyl (C=O) groups is 1. The average molecular weight is 377 g/mol. The number of aliphatic hydroxyl groups excluding tert-OH is 1. The van der Waals surface area contributed by atoms with Crippen LogP contribution < -0.4 is 5.32 Å². The Bertz CT molecular complexity index is 787. The summed E-state index contributed by atoms with van der Waals surface area (Å²) in [5, 5.41) is 15.4. The van der Waals surface area contributed by atoms with Gasteiger partial charge in [-0.2, -0.15) is 0 Å². The molecule has 1 aliphatic rings. The SMILES string of the molecule is CC(C)(C)[C@@H]1CCN(C(=O)Nc2nc(-c3cccc(F)c3)cs2)C[C@@H]1O. The van der Waals surface area contributed by atoms with Crippen molar-refractivity contribution in [3.05, 3.63) is 35.5 Å². The Hall–Kier alpha value is -1.99. The van der Waals surface area contributed by atoms with Crippen LogP contribution >= 0.6 is 11.3 Å². The van der Waals surface area contributed by atoms with E-state index in [1.54, 1.807) is 22.4 Å². The number of likely N-dealkylation sites (tertiary alicyclic amines) is 1. The van der Waals surface area contributed by atoms with Crippen molar-refractivity contribution in [2.75, 3.05) is 18.4 Å². The van der Waals surface area contributed by atoms with E-state index in [1.165, 1.54) is 23.5 Å². The molecule has 2 atom stereocenters. The van der Waals surface area contributed by atoms with Crippen LogP contribution in [-0.4, -0.2) is 40.2 Å². The first-order chi connectivity index (χ1) is 12.2. The second-order valence-electron chi connectivity index (χ2n) is 7.75. The number of nitrogens with one attached hydrogen (secondary N) is 1. The predicted octanol–water partition coefficient (Wildman–Crippen LogP) is 4.21. The summed E-state index contributed by atoms with van der Waals surface area (Å²) < 4.78 is 13.3. The molecule has 0 spiro atoms. The molecule has 0 radical (unpaired) electrons. The summed E-state index contributed by atoms with van der Waals surface area (Å²) in [5.74, 6) is -0.150. The zero-order valence-corrected chi connectivity index (χ0v) is 16.0. The maximum atomic E-state index is 13.3. The van der Waals surface area contributed by atoms with Crippen molar-refractivity contribution >= 4 is 22.5 Å². The Morgan fingerprint density at radius 3 is 2.85 bits per heavy atom. The molecule has 3 rings (SSSR count). The number of hydrogen-bond acceptors (Lipinski definition) is 4. The molecular weight excluding hydrogens is 353 g/mol. The summed E-state index contributed by atoms with van der Waals surface area (Å²) in [6.45, 7) is 7.25. The molecule has 140 valence electrons. The topological polar surface area (TPSA) is 65.5 Å². The van der Waals surface area contributed by atoms with Gasteiger partial charge in [0.25, 0.3) is 0 Å². The minimum Gasteiger partial charge on any atom is -0.391 e. The van der Waals surface area contributed by atoms with Gasteiger partial charge >= 0.3 is 6.03 Å². The third kappa shape index (κ3) is 4.22. The monoisotopic (exact) mass is 377 g/mol. The zero-order chi connectivity index (χ0) is 18.9. The number of amides is 2. The van der Waals surface area contributed by atoms with Crippen LogP contribution in [0.4, 0.5) is 14.3 Å². The molecule has 5 nitrogen and oxygen atoms in total. The van der Waals surface area contributed by atoms with Gasteiger partial charge < -0.3 is 10.0 Å². The molecule has 1 aromatic heterocycles. The molecule has 1 saturated heterocycles. The molecule has 0 unspecified atom stereocenters. The number of β-amino-alcohol motifs (C(OH)–C–C–N with tert-alkyl or cyclic N) is 1. The van der Waals surface area contributed by atoms with Gasteiger partial charge in [0.2, 0.25) is 0 Å². The standard InChI is InChI=1S/C19H24FN3O2S/c1-19(2,3)14-7-8-23(10-16(14)24)18(25)22-17-21-15(11-26-17)12-5-4-6-13(20)9-12/h4-6,9,11,14,16,24H,7-8,10H2,1-3H3,(H,21,22,25)/t14-,16+/m1/s1. The zero-order valence-electron chi connectivity index (χ0n) is 15.2. The fourth-order valence-electron chi connectivity index (χ4n) is 3.41. The van der Waals surface area contributed by atoms with Crippen LogP contribution in [0.25, 0.3) is 11.3 Å². The van der Waals surface area contributed by atoms with E-state index in [1.807, 2.05) is 0 Å². The van der Waals surface area contributed by atoms with E-state index in [-0.39, 0.29) is 23.2 Å². The van der Waals surface area contributed by atoms with Crippen molar-refractivity contribution in [3.8, 4) is 11.3 Å². The Labute approximate surface area is 156 Å². The van der Waals surface area contributed by atoms with Crippen LogP contribution in [0.1, 0.15) is 27.2 Å². The number of urea groups is 1. The van der Waals surface area contributed by atoms with E-state index in [4.69, 9.17) is 0 Å². The van der Waals surface area contributed by atoms with Gasteiger partial charge in [0.15, 0.2) is 5.13 Å². The second kappa shape index (κ2) is 7.32. The van der Waals surface area contributed by atoms with Gasteiger partial charge in [0.1, 0.15) is 5.82 Å². The van der Waals surface area contributed by atoms with E-state index in [0.29, 0.717) is 29.5 Å². The minimum atomic E-state index is -0.534. The van der Waals surface area contributed by atoms with Crippen molar-refractivity contribution in [1.82, 2.24) is 9.88 Å². The van der Waals surface area contributed by atoms with Crippen molar-refractivity contribution < 1.29 is 14.3 Å². The molecule has 1 fully saturated rings. The Balaban J connectivity index is 1.63. The molecule has 2 N–H and O–H groups in total. The Morgan fingerprint density at radius 1 is 1.42 bits per heavy atom. The van der Waals surface area contributed by atoms with Crippen LogP contribution in [0, 0.1) is 17.2 Å². The van der Waals surface area contributed by atoms with E-state index in [9.17, 15) is 14.3 Å². The van der Waals surface area contributed by atoms with E-state index < -0.39 is 6.10 Å². The summed E-state index contributed by atoms with van der Waals surface area (Å²) in [7, 11) is 0. The third-order valence-corrected chi connectivity index (χ3v) is 5.58. The van der Waals surface area contributed by atoms with Crippen LogP contribution in [0.15, 0.2) is 29.6 Å². The largest absolute Gasteiger partial charge is 0.391 e. The number of nitrogens with zero attached hydrogens (tertiary/aromatic N) is 2. The van der Waals surface area contributed by atoms with Crippen LogP contribution in [0.3, 0.4) is 0 Å². The van der Waals surface area contributed by atoms with Crippen molar-refractivity contribution in [3.63, 3.8) is 0 Å². The maximum Gasteiger partial charge on any atom is 0.323 e. The summed E-state index contributed by atoms with van der Waals surface area (Å²) in [6, 6.07) is 5.93. The number of aromatic nitrogens is 1. The number of rotatable bonds is 2. The quantitative estimate of drug-likeness (QED) is 0.824. The first kappa shape index (κ1) is 18.8. The molecule has 0 aliphatic carbocycles. The van der Waals surface area contributed by atoms with Gasteiger partial charge in [0.05, 0.1) is 11.8 Å². The normalized spacial score (nSPS) is 20.9. The fraction of sp³-hybridized carbons (Fsp3) is 0.474. The Morgan fingerprint density at radius 2 is 2.19 bits per heavy atom. The van der Waals surface area contributed by atoms with E-state index in [0.717, 1.165) is 6.42 Å². The highest BCUT2D eigenvalue weighted by atomic mass is 32.1. The molecule has 7 heteroatoms. The number of thiazole rings is 1. The molecule has 2 heterocycles. The molecule has 1 aromatic carbocycles. The van der Waals surface area contributed by atoms with Gasteiger partial charge in [-0.25, -0.2) is 14.2 Å². The lowest BCUT2D eigenvalue weighted by atomic mass is 9.74. The highest BCUT2D eigenvalue weighted by molar-refractivity contribution is 7.14. The summed E-state index contributed by atoms with van der Waals surface area (Å²) >= 11 is 1.29. The average Bonchev–Trinajstić information content (AvgIpc) is 3.02. The molecule has 0 saturated carbocycles. The molecule has 1 aliphatic heterocycles. The van der Waals surface area contributed by atoms with Gasteiger partial charge in [-0.15, -0.1) is 11.3 Å². The molecule has 2 aromatic rings. The summed E-state index contributed by atoms with van der Waals surface area (Å²) in [4.78, 5) is 18.5. The maximum absolute atomic E-state index is 13.3. The summed E-state index contributed by atoms with van der Waals surface area (Å²) in [6.07, 6.45) is 0.235. The van der Waals surface area contributed by atoms with Gasteiger partial charge in [0, 0.05) is 24.0 Å². The summed E-state index contributed by atoms with van der Waals surface area (Å²) in [5.41, 5.74) is 1.30. The van der Waals surface area contributed by atoms with E-state index >= 15 is 0 Å². The van der Waals surface area contributed by atoms with Gasteiger partial charge in [-0.3, -0.25) is 5.32 Å². The number of aliphatic hydroxyl groups is 1. The third-order valence-electron chi connectivity index (χ3n) is 4.82. The number of anilines is 1. The molecular formula is C19H24FN3O2S. The van der Waals surface area contributed by atoms with Crippen LogP contribution in [-0.2, 0) is 0 Å². The van der Waals surface area contributed by atoms with E-state index in [2.05, 4.69) is 31.1 Å². The minimum absolute atomic E-state index is 0.0111. The predicted molar refractivity (Wildman–Crippen MR) is 102 cm³/mol. The smallest absolute Gasteiger partial charge is 0.323 e. The Kier molecular flexibility index (Phi) is 5.29. The number of piperidine rings is 1. The highest BCUT2D eigenvalue weighted by Gasteiger charge is 2.37. The highest BCUT2D eigenvalue weighted by Crippen LogP contribution is 2.35. The lowest BCUT2D eigenvalue weighted by Gasteiger charge is -2.42. The lowest BCUT2D eigenvalue weighted by Crippen LogP contribution is -2.51. The molecule has 2 amide bonds. The van der Waals surface area contributed by atoms with Crippen molar-refractivity contribution in [1.29, 1.82) is 0 Å². The van der Waals surface area contributed by atoms with Crippen LogP contribution in [0.5, 0.6) is 0 Å². The number of carbonyl (C=O) groups excluding carboxylic acids is 1. The van der Waals surface area contributed by atoms with Crippen LogP contribution in [0.2, 0.25) is 0 Å². The molecule has 0 bridgehead atoms. The lowest BCUT2D eigenvalue weighted by molar-refractivity contribution is -0.0108. The van der Waals surface area contributed by atoms with Crippen molar-refractivity contribution in [2.45, 2.75) is 33.3 Å². The molecule has 26 heavy (non-hydrogen) atoms. The first-order valence-electron chi connectivity index (χ1n) is 8.69. The van der Waals surface area contributed by atoms with Gasteiger partial charge in [-0.05, 0) is 29.9 Å². The fourth-order valence-corrected chi connectivity index (χ4v) is 4.12. The number of halogens is 1. The number of benzene rings is 1.